The number of hydrogen-bond acceptors (Lipinski definition) is 1. The SMILES string of the molecule is COc1ccc(CC[NH2+]Cc2c(F)cccc2Cl)cc1. The van der Waals surface area contributed by atoms with Crippen LogP contribution in [0.3, 0.4) is 0 Å². The second kappa shape index (κ2) is 7.27. The van der Waals surface area contributed by atoms with E-state index in [1.165, 1.54) is 11.6 Å². The average Bonchev–Trinajstić information content (AvgIpc) is 2.46. The summed E-state index contributed by atoms with van der Waals surface area (Å²) in [5, 5.41) is 2.56. The van der Waals surface area contributed by atoms with Crippen LogP contribution in [-0.2, 0) is 13.0 Å². The molecule has 20 heavy (non-hydrogen) atoms. The number of quaternary nitrogens is 1. The minimum atomic E-state index is -0.238. The van der Waals surface area contributed by atoms with Crippen molar-refractivity contribution in [3.05, 3.63) is 64.4 Å². The highest BCUT2D eigenvalue weighted by atomic mass is 35.5. The molecule has 0 aliphatic rings. The van der Waals surface area contributed by atoms with Gasteiger partial charge in [-0.1, -0.05) is 29.8 Å². The minimum absolute atomic E-state index is 0.238. The predicted octanol–water partition coefficient (Wildman–Crippen LogP) is 2.79. The molecule has 0 fully saturated rings. The van der Waals surface area contributed by atoms with Gasteiger partial charge in [-0.05, 0) is 29.8 Å². The van der Waals surface area contributed by atoms with E-state index in [2.05, 4.69) is 5.32 Å². The Morgan fingerprint density at radius 2 is 1.90 bits per heavy atom. The lowest BCUT2D eigenvalue weighted by molar-refractivity contribution is -0.670. The quantitative estimate of drug-likeness (QED) is 0.815. The van der Waals surface area contributed by atoms with Crippen molar-refractivity contribution in [1.29, 1.82) is 0 Å². The molecule has 2 nitrogen and oxygen atoms in total. The second-order valence-corrected chi connectivity index (χ2v) is 4.99. The molecule has 2 N–H and O–H groups in total. The van der Waals surface area contributed by atoms with Gasteiger partial charge in [0, 0.05) is 6.42 Å². The molecule has 2 rings (SSSR count). The van der Waals surface area contributed by atoms with Gasteiger partial charge in [-0.25, -0.2) is 4.39 Å². The van der Waals surface area contributed by atoms with E-state index in [9.17, 15) is 4.39 Å². The molecule has 0 aliphatic heterocycles. The summed E-state index contributed by atoms with van der Waals surface area (Å²) in [7, 11) is 1.65. The summed E-state index contributed by atoms with van der Waals surface area (Å²) < 4.78 is 18.7. The number of benzene rings is 2. The first kappa shape index (κ1) is 14.8. The van der Waals surface area contributed by atoms with Crippen LogP contribution in [0.1, 0.15) is 11.1 Å². The third kappa shape index (κ3) is 3.95. The van der Waals surface area contributed by atoms with Crippen molar-refractivity contribution in [3.8, 4) is 5.75 Å². The van der Waals surface area contributed by atoms with Crippen LogP contribution in [0, 0.1) is 5.82 Å². The van der Waals surface area contributed by atoms with Crippen LogP contribution in [0.4, 0.5) is 4.39 Å². The summed E-state index contributed by atoms with van der Waals surface area (Å²) >= 11 is 5.98. The van der Waals surface area contributed by atoms with E-state index < -0.39 is 0 Å². The number of hydrogen-bond donors (Lipinski definition) is 1. The lowest BCUT2D eigenvalue weighted by Crippen LogP contribution is -2.83. The van der Waals surface area contributed by atoms with Crippen molar-refractivity contribution in [2.45, 2.75) is 13.0 Å². The van der Waals surface area contributed by atoms with E-state index in [-0.39, 0.29) is 5.82 Å². The van der Waals surface area contributed by atoms with Crippen LogP contribution < -0.4 is 10.1 Å². The van der Waals surface area contributed by atoms with Gasteiger partial charge in [0.25, 0.3) is 0 Å². The molecule has 0 unspecified atom stereocenters. The number of ether oxygens (including phenoxy) is 1. The lowest BCUT2D eigenvalue weighted by Gasteiger charge is -2.06. The zero-order chi connectivity index (χ0) is 14.4. The second-order valence-electron chi connectivity index (χ2n) is 4.58. The first-order valence-corrected chi connectivity index (χ1v) is 6.96. The average molecular weight is 295 g/mol. The predicted molar refractivity (Wildman–Crippen MR) is 78.6 cm³/mol. The molecule has 0 bridgehead atoms. The molecule has 0 amide bonds. The van der Waals surface area contributed by atoms with Crippen LogP contribution in [0.25, 0.3) is 0 Å². The molecule has 106 valence electrons. The Kier molecular flexibility index (Phi) is 5.39. The molecular weight excluding hydrogens is 277 g/mol. The van der Waals surface area contributed by atoms with E-state index in [4.69, 9.17) is 16.3 Å². The van der Waals surface area contributed by atoms with Crippen molar-refractivity contribution in [2.24, 2.45) is 0 Å². The normalized spacial score (nSPS) is 10.6. The maximum atomic E-state index is 13.6. The van der Waals surface area contributed by atoms with Crippen LogP contribution in [0.5, 0.6) is 5.75 Å². The van der Waals surface area contributed by atoms with Gasteiger partial charge in [0.05, 0.1) is 24.2 Å². The van der Waals surface area contributed by atoms with Crippen LogP contribution in [0.15, 0.2) is 42.5 Å². The Morgan fingerprint density at radius 3 is 2.55 bits per heavy atom. The van der Waals surface area contributed by atoms with Crippen molar-refractivity contribution < 1.29 is 14.4 Å². The zero-order valence-electron chi connectivity index (χ0n) is 11.4. The fourth-order valence-corrected chi connectivity index (χ4v) is 2.27. The van der Waals surface area contributed by atoms with Gasteiger partial charge in [-0.3, -0.25) is 0 Å². The fourth-order valence-electron chi connectivity index (χ4n) is 2.03. The lowest BCUT2D eigenvalue weighted by atomic mass is 10.1. The summed E-state index contributed by atoms with van der Waals surface area (Å²) in [5.74, 6) is 0.620. The maximum Gasteiger partial charge on any atom is 0.133 e. The molecule has 2 aromatic rings. The van der Waals surface area contributed by atoms with Crippen LogP contribution in [-0.4, -0.2) is 13.7 Å². The highest BCUT2D eigenvalue weighted by Crippen LogP contribution is 2.17. The van der Waals surface area contributed by atoms with E-state index in [1.54, 1.807) is 19.2 Å². The molecule has 0 spiro atoms. The first-order chi connectivity index (χ1) is 9.70. The standard InChI is InChI=1S/C16H17ClFNO/c1-20-13-7-5-12(6-8-13)9-10-19-11-14-15(17)3-2-4-16(14)18/h2-8,19H,9-11H2,1H3/p+1. The van der Waals surface area contributed by atoms with Crippen molar-refractivity contribution in [2.75, 3.05) is 13.7 Å². The van der Waals surface area contributed by atoms with E-state index in [0.717, 1.165) is 18.7 Å². The monoisotopic (exact) mass is 294 g/mol. The van der Waals surface area contributed by atoms with E-state index in [1.807, 2.05) is 24.3 Å². The summed E-state index contributed by atoms with van der Waals surface area (Å²) in [6, 6.07) is 12.8. The number of nitrogens with two attached hydrogens (primary N) is 1. The fraction of sp³-hybridized carbons (Fsp3) is 0.250. The molecule has 0 aromatic heterocycles. The molecule has 0 saturated heterocycles. The Morgan fingerprint density at radius 1 is 1.15 bits per heavy atom. The van der Waals surface area contributed by atoms with Gasteiger partial charge in [-0.15, -0.1) is 0 Å². The van der Waals surface area contributed by atoms with Gasteiger partial charge in [-0.2, -0.15) is 0 Å². The summed E-state index contributed by atoms with van der Waals surface area (Å²) in [6.45, 7) is 1.44. The molecule has 0 atom stereocenters. The molecular formula is C16H18ClFNO+. The molecule has 0 saturated carbocycles. The topological polar surface area (TPSA) is 25.8 Å². The smallest absolute Gasteiger partial charge is 0.133 e. The highest BCUT2D eigenvalue weighted by molar-refractivity contribution is 6.31. The minimum Gasteiger partial charge on any atom is -0.497 e. The Balaban J connectivity index is 1.81. The summed E-state index contributed by atoms with van der Waals surface area (Å²) in [5.41, 5.74) is 1.81. The largest absolute Gasteiger partial charge is 0.497 e. The van der Waals surface area contributed by atoms with Crippen LogP contribution in [0.2, 0.25) is 5.02 Å². The summed E-state index contributed by atoms with van der Waals surface area (Å²) in [6.07, 6.45) is 0.927. The van der Waals surface area contributed by atoms with Gasteiger partial charge < -0.3 is 10.1 Å². The van der Waals surface area contributed by atoms with Gasteiger partial charge in [0.2, 0.25) is 0 Å². The van der Waals surface area contributed by atoms with Crippen molar-refractivity contribution in [3.63, 3.8) is 0 Å². The van der Waals surface area contributed by atoms with E-state index in [0.29, 0.717) is 17.1 Å². The molecule has 2 aromatic carbocycles. The molecule has 0 aliphatic carbocycles. The van der Waals surface area contributed by atoms with Crippen LogP contribution >= 0.6 is 11.6 Å². The van der Waals surface area contributed by atoms with Gasteiger partial charge in [0.1, 0.15) is 18.1 Å². The van der Waals surface area contributed by atoms with Gasteiger partial charge in [0.15, 0.2) is 0 Å². The first-order valence-electron chi connectivity index (χ1n) is 6.58. The highest BCUT2D eigenvalue weighted by Gasteiger charge is 2.08. The summed E-state index contributed by atoms with van der Waals surface area (Å²) in [4.78, 5) is 0. The molecule has 0 heterocycles. The Labute approximate surface area is 123 Å². The van der Waals surface area contributed by atoms with E-state index >= 15 is 0 Å². The van der Waals surface area contributed by atoms with Crippen molar-refractivity contribution >= 4 is 11.6 Å². The zero-order valence-corrected chi connectivity index (χ0v) is 12.2. The number of rotatable bonds is 6. The third-order valence-electron chi connectivity index (χ3n) is 3.21. The Bertz CT molecular complexity index is 537. The van der Waals surface area contributed by atoms with Gasteiger partial charge >= 0.3 is 0 Å². The third-order valence-corrected chi connectivity index (χ3v) is 3.56. The van der Waals surface area contributed by atoms with Crippen molar-refractivity contribution in [1.82, 2.24) is 0 Å². The molecule has 0 radical (unpaired) electrons. The number of halogens is 2. The Hall–Kier alpha value is -1.58. The molecule has 4 heteroatoms. The number of methoxy groups -OCH3 is 1. The maximum absolute atomic E-state index is 13.6.